The van der Waals surface area contributed by atoms with Gasteiger partial charge in [0.05, 0.1) is 0 Å². The largest absolute Gasteiger partial charge is 0.160 e. The molecule has 0 aliphatic heterocycles. The van der Waals surface area contributed by atoms with Crippen molar-refractivity contribution in [3.63, 3.8) is 0 Å². The van der Waals surface area contributed by atoms with Gasteiger partial charge < -0.3 is 0 Å². The minimum Gasteiger partial charge on any atom is -0.160 e. The van der Waals surface area contributed by atoms with Gasteiger partial charge in [-0.25, -0.2) is 11.1 Å². The van der Waals surface area contributed by atoms with Crippen molar-refractivity contribution in [3.8, 4) is 0 Å². The van der Waals surface area contributed by atoms with Gasteiger partial charge in [0.25, 0.3) is 0 Å². The molecule has 0 saturated heterocycles. The van der Waals surface area contributed by atoms with Gasteiger partial charge >= 0.3 is 26.4 Å². The maximum Gasteiger partial charge on any atom is -0.0166 e. The van der Waals surface area contributed by atoms with Crippen molar-refractivity contribution in [2.75, 3.05) is 0 Å². The smallest absolute Gasteiger partial charge is 0.0166 e. The van der Waals surface area contributed by atoms with E-state index in [1.807, 2.05) is 0 Å². The van der Waals surface area contributed by atoms with Crippen molar-refractivity contribution in [2.24, 2.45) is 0 Å². The Hall–Kier alpha value is -2.25. The number of rotatable bonds is 6. The van der Waals surface area contributed by atoms with Crippen molar-refractivity contribution in [2.45, 2.75) is 39.5 Å². The first-order chi connectivity index (χ1) is 17.2. The first-order valence-corrected chi connectivity index (χ1v) is 14.5. The number of benzene rings is 3. The van der Waals surface area contributed by atoms with Crippen LogP contribution in [0.4, 0.5) is 6.18 Å². The third-order valence-corrected chi connectivity index (χ3v) is 8.27. The summed E-state index contributed by atoms with van der Waals surface area (Å²) < 4.78 is 19.5. The molecule has 35 heavy (non-hydrogen) atoms. The maximum atomic E-state index is 9.75. The van der Waals surface area contributed by atoms with Gasteiger partial charge in [0, 0.05) is 0 Å². The SMILES string of the molecule is CCCCC1=[C-]CC=C1C.[F][Ti][F].c1ccc(P(c2ccccc2)c2cc3ccccc3[cH-]2)cc1. The molecule has 0 fully saturated rings. The number of hydrogen-bond donors (Lipinski definition) is 0. The molecule has 0 N–H and O–H groups in total. The quantitative estimate of drug-likeness (QED) is 0.136. The van der Waals surface area contributed by atoms with E-state index in [2.05, 4.69) is 123 Å². The number of fused-ring (bicyclic) bond motifs is 1. The van der Waals surface area contributed by atoms with Crippen molar-refractivity contribution < 1.29 is 26.4 Å². The molecule has 1 aliphatic rings. The molecule has 0 amide bonds. The van der Waals surface area contributed by atoms with Gasteiger partial charge in [-0.1, -0.05) is 92.9 Å². The van der Waals surface area contributed by atoms with E-state index >= 15 is 0 Å². The molecule has 0 heterocycles. The summed E-state index contributed by atoms with van der Waals surface area (Å²) >= 11 is -2.50. The number of unbranched alkanes of at least 4 members (excludes halogenated alkanes) is 1. The second kappa shape index (κ2) is 15.0. The Bertz CT molecular complexity index is 1140. The normalized spacial score (nSPS) is 12.3. The van der Waals surface area contributed by atoms with Crippen LogP contribution in [-0.4, -0.2) is 0 Å². The van der Waals surface area contributed by atoms with Crippen LogP contribution >= 0.6 is 7.92 Å². The van der Waals surface area contributed by atoms with E-state index < -0.39 is 28.1 Å². The van der Waals surface area contributed by atoms with E-state index in [1.165, 1.54) is 57.1 Å². The molecule has 0 aromatic heterocycles. The van der Waals surface area contributed by atoms with Crippen LogP contribution in [0.2, 0.25) is 0 Å². The summed E-state index contributed by atoms with van der Waals surface area (Å²) in [5.41, 5.74) is 2.91. The zero-order valence-electron chi connectivity index (χ0n) is 20.3. The van der Waals surface area contributed by atoms with Gasteiger partial charge in [-0.2, -0.15) is 12.1 Å². The Kier molecular flexibility index (Phi) is 11.7. The Morgan fingerprint density at radius 1 is 0.886 bits per heavy atom. The van der Waals surface area contributed by atoms with Gasteiger partial charge in [-0.05, 0) is 18.5 Å². The Morgan fingerprint density at radius 2 is 1.46 bits per heavy atom. The second-order valence-electron chi connectivity index (χ2n) is 8.27. The zero-order chi connectivity index (χ0) is 24.9. The Balaban J connectivity index is 0.000000221. The molecule has 4 aromatic rings. The van der Waals surface area contributed by atoms with Gasteiger partial charge in [-0.3, -0.25) is 6.08 Å². The van der Waals surface area contributed by atoms with E-state index in [1.54, 1.807) is 0 Å². The van der Waals surface area contributed by atoms with E-state index in [9.17, 15) is 6.18 Å². The van der Waals surface area contributed by atoms with E-state index in [4.69, 9.17) is 0 Å². The van der Waals surface area contributed by atoms with E-state index in [0.29, 0.717) is 0 Å². The summed E-state index contributed by atoms with van der Waals surface area (Å²) in [6, 6.07) is 35.0. The molecule has 0 atom stereocenters. The number of halogens is 2. The number of allylic oxidation sites excluding steroid dienone is 4. The molecule has 0 saturated carbocycles. The molecule has 4 heteroatoms. The molecule has 0 unspecified atom stereocenters. The molecule has 4 aromatic carbocycles. The van der Waals surface area contributed by atoms with Gasteiger partial charge in [-0.15, -0.1) is 53.7 Å². The Labute approximate surface area is 220 Å². The minimum atomic E-state index is -2.50. The number of hydrogen-bond acceptors (Lipinski definition) is 0. The molecule has 1 aliphatic carbocycles. The van der Waals surface area contributed by atoms with Crippen LogP contribution in [0, 0.1) is 6.08 Å². The minimum absolute atomic E-state index is 0.493. The molecular formula is C31H31F2PTi-2. The predicted octanol–water partition coefficient (Wildman–Crippen LogP) is 8.41. The molecule has 5 rings (SSSR count). The van der Waals surface area contributed by atoms with Crippen LogP contribution in [0.1, 0.15) is 39.5 Å². The van der Waals surface area contributed by atoms with Crippen LogP contribution in [0.15, 0.2) is 114 Å². The average Bonchev–Trinajstić information content (AvgIpc) is 3.51. The first-order valence-electron chi connectivity index (χ1n) is 12.0. The summed E-state index contributed by atoms with van der Waals surface area (Å²) in [6.45, 7) is 4.42. The fourth-order valence-corrected chi connectivity index (χ4v) is 6.46. The van der Waals surface area contributed by atoms with Crippen molar-refractivity contribution in [1.29, 1.82) is 0 Å². The molecule has 0 nitrogen and oxygen atoms in total. The Morgan fingerprint density at radius 3 is 1.97 bits per heavy atom. The second-order valence-corrected chi connectivity index (χ2v) is 10.7. The van der Waals surface area contributed by atoms with Crippen molar-refractivity contribution in [3.05, 3.63) is 120 Å². The van der Waals surface area contributed by atoms with Crippen LogP contribution in [-0.2, 0) is 20.2 Å². The third-order valence-electron chi connectivity index (χ3n) is 5.87. The third kappa shape index (κ3) is 8.14. The fourth-order valence-electron chi connectivity index (χ4n) is 4.09. The maximum absolute atomic E-state index is 9.75. The fraction of sp³-hybridized carbons (Fsp3) is 0.194. The molecular weight excluding hydrogens is 489 g/mol. The molecule has 180 valence electrons. The molecule has 0 radical (unpaired) electrons. The summed E-state index contributed by atoms with van der Waals surface area (Å²) in [5.74, 6) is 0. The average molecular weight is 520 g/mol. The van der Waals surface area contributed by atoms with Gasteiger partial charge in [0.15, 0.2) is 0 Å². The van der Waals surface area contributed by atoms with Crippen molar-refractivity contribution in [1.82, 2.24) is 0 Å². The summed E-state index contributed by atoms with van der Waals surface area (Å²) in [5, 5.41) is 6.89. The predicted molar refractivity (Wildman–Crippen MR) is 145 cm³/mol. The van der Waals surface area contributed by atoms with Gasteiger partial charge in [0.1, 0.15) is 0 Å². The molecule has 0 spiro atoms. The monoisotopic (exact) mass is 520 g/mol. The van der Waals surface area contributed by atoms with Crippen LogP contribution in [0.25, 0.3) is 10.8 Å². The first kappa shape index (κ1) is 27.3. The van der Waals surface area contributed by atoms with Crippen molar-refractivity contribution >= 4 is 34.6 Å². The van der Waals surface area contributed by atoms with Crippen LogP contribution in [0.3, 0.4) is 0 Å². The zero-order valence-corrected chi connectivity index (χ0v) is 22.8. The summed E-state index contributed by atoms with van der Waals surface area (Å²) in [7, 11) is -0.493. The summed E-state index contributed by atoms with van der Waals surface area (Å²) in [6.07, 6.45) is 10.5. The standard InChI is InChI=1S/C21H16P.C10H15.2FH.Ti/c1-3-11-19(12-4-1)22(20-13-5-2-6-14-20)21-15-17-9-7-8-10-18(17)16-21;1-3-4-7-10-8-5-6-9(10)2;;;/h1-16H;6H,3-5,7H2,1-2H3;2*1H;/q2*-1;;;+2/p-2. The van der Waals surface area contributed by atoms with Crippen LogP contribution < -0.4 is 15.9 Å². The van der Waals surface area contributed by atoms with E-state index in [0.717, 1.165) is 6.42 Å². The molecule has 0 bridgehead atoms. The summed E-state index contributed by atoms with van der Waals surface area (Å²) in [4.78, 5) is 0. The van der Waals surface area contributed by atoms with Gasteiger partial charge in [0.2, 0.25) is 0 Å². The van der Waals surface area contributed by atoms with E-state index in [-0.39, 0.29) is 0 Å². The topological polar surface area (TPSA) is 0 Å². The van der Waals surface area contributed by atoms with Crippen LogP contribution in [0.5, 0.6) is 0 Å².